The van der Waals surface area contributed by atoms with Crippen molar-refractivity contribution >= 4 is 23.1 Å². The van der Waals surface area contributed by atoms with E-state index in [1.54, 1.807) is 0 Å². The Kier molecular flexibility index (Phi) is 4.73. The van der Waals surface area contributed by atoms with E-state index in [1.807, 2.05) is 30.3 Å². The zero-order valence-corrected chi connectivity index (χ0v) is 10.6. The van der Waals surface area contributed by atoms with E-state index in [-0.39, 0.29) is 0 Å². The molecule has 0 saturated carbocycles. The standard InChI is InChI=1S/C11H11ClN2O2S/c12-11-10(13-14-17-11)8-15-6-7-16-9-4-2-1-3-5-9/h1-5H,6-8H2. The number of hydrogen-bond acceptors (Lipinski definition) is 5. The maximum absolute atomic E-state index is 5.83. The summed E-state index contributed by atoms with van der Waals surface area (Å²) < 4.78 is 15.1. The number of benzene rings is 1. The van der Waals surface area contributed by atoms with Crippen LogP contribution in [0, 0.1) is 0 Å². The predicted molar refractivity (Wildman–Crippen MR) is 66.5 cm³/mol. The fourth-order valence-electron chi connectivity index (χ4n) is 1.19. The molecule has 17 heavy (non-hydrogen) atoms. The average Bonchev–Trinajstić information content (AvgIpc) is 2.76. The SMILES string of the molecule is Clc1snnc1COCCOc1ccccc1. The summed E-state index contributed by atoms with van der Waals surface area (Å²) in [5.41, 5.74) is 0.677. The molecule has 0 bridgehead atoms. The zero-order chi connectivity index (χ0) is 11.9. The minimum absolute atomic E-state index is 0.369. The third-order valence-electron chi connectivity index (χ3n) is 1.99. The molecule has 0 aliphatic carbocycles. The highest BCUT2D eigenvalue weighted by molar-refractivity contribution is 7.10. The van der Waals surface area contributed by atoms with Crippen LogP contribution in [0.5, 0.6) is 5.75 Å². The summed E-state index contributed by atoms with van der Waals surface area (Å²) >= 11 is 6.99. The Balaban J connectivity index is 1.63. The van der Waals surface area contributed by atoms with Gasteiger partial charge in [-0.15, -0.1) is 5.10 Å². The van der Waals surface area contributed by atoms with Gasteiger partial charge in [0.25, 0.3) is 0 Å². The number of nitrogens with zero attached hydrogens (tertiary/aromatic N) is 2. The van der Waals surface area contributed by atoms with E-state index in [4.69, 9.17) is 21.1 Å². The fraction of sp³-hybridized carbons (Fsp3) is 0.273. The van der Waals surface area contributed by atoms with Crippen LogP contribution < -0.4 is 4.74 Å². The quantitative estimate of drug-likeness (QED) is 0.757. The Morgan fingerprint density at radius 2 is 2.00 bits per heavy atom. The first-order valence-corrected chi connectivity index (χ1v) is 6.24. The summed E-state index contributed by atoms with van der Waals surface area (Å²) in [4.78, 5) is 0. The van der Waals surface area contributed by atoms with Gasteiger partial charge in [-0.3, -0.25) is 0 Å². The van der Waals surface area contributed by atoms with Gasteiger partial charge in [-0.05, 0) is 12.1 Å². The molecule has 2 rings (SSSR count). The molecule has 1 heterocycles. The molecule has 2 aromatic rings. The van der Waals surface area contributed by atoms with Crippen molar-refractivity contribution in [2.45, 2.75) is 6.61 Å². The van der Waals surface area contributed by atoms with Gasteiger partial charge in [0.1, 0.15) is 22.4 Å². The molecule has 6 heteroatoms. The van der Waals surface area contributed by atoms with Crippen molar-refractivity contribution in [2.24, 2.45) is 0 Å². The molecule has 1 aromatic carbocycles. The van der Waals surface area contributed by atoms with Gasteiger partial charge < -0.3 is 9.47 Å². The monoisotopic (exact) mass is 270 g/mol. The van der Waals surface area contributed by atoms with Crippen molar-refractivity contribution in [3.63, 3.8) is 0 Å². The molecule has 90 valence electrons. The minimum atomic E-state index is 0.369. The third-order valence-corrected chi connectivity index (χ3v) is 2.97. The Morgan fingerprint density at radius 3 is 2.71 bits per heavy atom. The first-order valence-electron chi connectivity index (χ1n) is 5.08. The topological polar surface area (TPSA) is 44.2 Å². The van der Waals surface area contributed by atoms with Gasteiger partial charge in [-0.2, -0.15) is 0 Å². The Bertz CT molecular complexity index is 450. The van der Waals surface area contributed by atoms with Crippen LogP contribution in [0.15, 0.2) is 30.3 Å². The fourth-order valence-corrected chi connectivity index (χ4v) is 1.79. The smallest absolute Gasteiger partial charge is 0.139 e. The summed E-state index contributed by atoms with van der Waals surface area (Å²) in [6.45, 7) is 1.36. The molecular formula is C11H11ClN2O2S. The first kappa shape index (κ1) is 12.3. The molecule has 0 aliphatic heterocycles. The highest BCUT2D eigenvalue weighted by Gasteiger charge is 2.04. The van der Waals surface area contributed by atoms with E-state index in [2.05, 4.69) is 9.59 Å². The highest BCUT2D eigenvalue weighted by Crippen LogP contribution is 2.17. The van der Waals surface area contributed by atoms with Gasteiger partial charge in [0.15, 0.2) is 0 Å². The lowest BCUT2D eigenvalue weighted by molar-refractivity contribution is 0.0870. The molecule has 0 radical (unpaired) electrons. The van der Waals surface area contributed by atoms with E-state index in [0.717, 1.165) is 17.3 Å². The largest absolute Gasteiger partial charge is 0.491 e. The van der Waals surface area contributed by atoms with Crippen LogP contribution in [0.1, 0.15) is 5.69 Å². The lowest BCUT2D eigenvalue weighted by Crippen LogP contribution is -2.06. The van der Waals surface area contributed by atoms with E-state index in [9.17, 15) is 0 Å². The second-order valence-corrected chi connectivity index (χ2v) is 4.56. The second kappa shape index (κ2) is 6.54. The first-order chi connectivity index (χ1) is 8.36. The normalized spacial score (nSPS) is 10.4. The number of hydrogen-bond donors (Lipinski definition) is 0. The van der Waals surface area contributed by atoms with Crippen molar-refractivity contribution < 1.29 is 9.47 Å². The van der Waals surface area contributed by atoms with E-state index >= 15 is 0 Å². The lowest BCUT2D eigenvalue weighted by Gasteiger charge is -2.05. The second-order valence-electron chi connectivity index (χ2n) is 3.21. The summed E-state index contributed by atoms with van der Waals surface area (Å²) in [6.07, 6.45) is 0. The maximum Gasteiger partial charge on any atom is 0.139 e. The van der Waals surface area contributed by atoms with Crippen molar-refractivity contribution in [3.8, 4) is 5.75 Å². The van der Waals surface area contributed by atoms with Gasteiger partial charge in [0.2, 0.25) is 0 Å². The Labute approximate surface area is 108 Å². The van der Waals surface area contributed by atoms with E-state index in [1.165, 1.54) is 0 Å². The van der Waals surface area contributed by atoms with Gasteiger partial charge in [0.05, 0.1) is 13.2 Å². The van der Waals surface area contributed by atoms with Gasteiger partial charge in [-0.25, -0.2) is 0 Å². The van der Waals surface area contributed by atoms with Crippen molar-refractivity contribution in [1.29, 1.82) is 0 Å². The summed E-state index contributed by atoms with van der Waals surface area (Å²) in [6, 6.07) is 9.61. The van der Waals surface area contributed by atoms with Crippen LogP contribution >= 0.6 is 23.1 Å². The predicted octanol–water partition coefficient (Wildman–Crippen LogP) is 2.79. The van der Waals surface area contributed by atoms with Crippen LogP contribution in [0.2, 0.25) is 4.34 Å². The molecule has 0 N–H and O–H groups in total. The van der Waals surface area contributed by atoms with Crippen LogP contribution in [-0.2, 0) is 11.3 Å². The Hall–Kier alpha value is -1.17. The molecule has 0 aliphatic rings. The van der Waals surface area contributed by atoms with Crippen LogP contribution in [-0.4, -0.2) is 22.8 Å². The van der Waals surface area contributed by atoms with Crippen LogP contribution in [0.25, 0.3) is 0 Å². The van der Waals surface area contributed by atoms with E-state index in [0.29, 0.717) is 29.9 Å². The molecule has 0 unspecified atom stereocenters. The minimum Gasteiger partial charge on any atom is -0.491 e. The summed E-state index contributed by atoms with van der Waals surface area (Å²) in [5, 5.41) is 3.84. The maximum atomic E-state index is 5.83. The molecule has 0 fully saturated rings. The summed E-state index contributed by atoms with van der Waals surface area (Å²) in [5.74, 6) is 0.837. The zero-order valence-electron chi connectivity index (χ0n) is 9.01. The van der Waals surface area contributed by atoms with Crippen LogP contribution in [0.3, 0.4) is 0 Å². The number of halogens is 1. The summed E-state index contributed by atoms with van der Waals surface area (Å²) in [7, 11) is 0. The molecule has 0 saturated heterocycles. The third kappa shape index (κ3) is 3.96. The molecule has 0 spiro atoms. The van der Waals surface area contributed by atoms with Crippen molar-refractivity contribution in [2.75, 3.05) is 13.2 Å². The molecular weight excluding hydrogens is 260 g/mol. The molecule has 1 aromatic heterocycles. The van der Waals surface area contributed by atoms with Crippen molar-refractivity contribution in [1.82, 2.24) is 9.59 Å². The van der Waals surface area contributed by atoms with Gasteiger partial charge >= 0.3 is 0 Å². The number of aromatic nitrogens is 2. The number of ether oxygens (including phenoxy) is 2. The molecule has 0 atom stereocenters. The van der Waals surface area contributed by atoms with Gasteiger partial charge in [-0.1, -0.05) is 34.3 Å². The number of para-hydroxylation sites is 1. The van der Waals surface area contributed by atoms with E-state index < -0.39 is 0 Å². The average molecular weight is 271 g/mol. The number of rotatable bonds is 6. The Morgan fingerprint density at radius 1 is 1.18 bits per heavy atom. The van der Waals surface area contributed by atoms with Crippen LogP contribution in [0.4, 0.5) is 0 Å². The molecule has 4 nitrogen and oxygen atoms in total. The van der Waals surface area contributed by atoms with Gasteiger partial charge in [0, 0.05) is 11.5 Å². The highest BCUT2D eigenvalue weighted by atomic mass is 35.5. The lowest BCUT2D eigenvalue weighted by atomic mass is 10.3. The molecule has 0 amide bonds. The van der Waals surface area contributed by atoms with Crippen molar-refractivity contribution in [3.05, 3.63) is 40.4 Å².